The third kappa shape index (κ3) is 4.74. The van der Waals surface area contributed by atoms with Gasteiger partial charge in [-0.3, -0.25) is 0 Å². The zero-order chi connectivity index (χ0) is 10.5. The van der Waals surface area contributed by atoms with Crippen LogP contribution >= 0.6 is 7.82 Å². The SMILES string of the molecule is CC[N+](CC)(CC)COP(=O)(O)O. The lowest BCUT2D eigenvalue weighted by Gasteiger charge is -2.34. The van der Waals surface area contributed by atoms with E-state index in [2.05, 4.69) is 4.52 Å². The van der Waals surface area contributed by atoms with E-state index < -0.39 is 7.82 Å². The van der Waals surface area contributed by atoms with Gasteiger partial charge >= 0.3 is 7.82 Å². The van der Waals surface area contributed by atoms with Crippen molar-refractivity contribution in [1.82, 2.24) is 0 Å². The largest absolute Gasteiger partial charge is 0.474 e. The maximum Gasteiger partial charge on any atom is 0.474 e. The summed E-state index contributed by atoms with van der Waals surface area (Å²) in [6.07, 6.45) is 0. The molecular weight excluding hydrogens is 193 g/mol. The summed E-state index contributed by atoms with van der Waals surface area (Å²) in [5.41, 5.74) is 0. The van der Waals surface area contributed by atoms with Crippen LogP contribution in [0.2, 0.25) is 0 Å². The molecule has 0 aliphatic rings. The highest BCUT2D eigenvalue weighted by molar-refractivity contribution is 7.46. The molecule has 0 rings (SSSR count). The molecule has 2 N–H and O–H groups in total. The molecule has 0 atom stereocenters. The van der Waals surface area contributed by atoms with Crippen LogP contribution in [0, 0.1) is 0 Å². The molecule has 0 heterocycles. The Hall–Kier alpha value is 0.0700. The highest BCUT2D eigenvalue weighted by Crippen LogP contribution is 2.36. The molecule has 0 bridgehead atoms. The van der Waals surface area contributed by atoms with E-state index in [1.165, 1.54) is 0 Å². The molecule has 0 saturated carbocycles. The Morgan fingerprint density at radius 3 is 1.77 bits per heavy atom. The third-order valence-electron chi connectivity index (χ3n) is 2.51. The first kappa shape index (κ1) is 13.1. The molecule has 5 nitrogen and oxygen atoms in total. The fourth-order valence-corrected chi connectivity index (χ4v) is 1.54. The number of quaternary nitrogens is 1. The number of hydrogen-bond donors (Lipinski definition) is 2. The molecule has 0 aromatic carbocycles. The van der Waals surface area contributed by atoms with E-state index in [-0.39, 0.29) is 6.73 Å². The Balaban J connectivity index is 4.19. The van der Waals surface area contributed by atoms with E-state index in [1.807, 2.05) is 20.8 Å². The fourth-order valence-electron chi connectivity index (χ4n) is 1.14. The normalized spacial score (nSPS) is 13.3. The van der Waals surface area contributed by atoms with Crippen molar-refractivity contribution in [2.24, 2.45) is 0 Å². The van der Waals surface area contributed by atoms with Crippen molar-refractivity contribution in [3.8, 4) is 0 Å². The van der Waals surface area contributed by atoms with Crippen LogP contribution in [-0.2, 0) is 9.09 Å². The first-order valence-corrected chi connectivity index (χ1v) is 5.97. The topological polar surface area (TPSA) is 66.8 Å². The molecule has 0 saturated heterocycles. The molecule has 0 fully saturated rings. The number of rotatable bonds is 6. The second kappa shape index (κ2) is 5.08. The molecule has 0 aliphatic heterocycles. The summed E-state index contributed by atoms with van der Waals surface area (Å²) >= 11 is 0. The fraction of sp³-hybridized carbons (Fsp3) is 1.00. The first-order valence-electron chi connectivity index (χ1n) is 4.44. The highest BCUT2D eigenvalue weighted by atomic mass is 31.2. The van der Waals surface area contributed by atoms with Crippen molar-refractivity contribution in [2.75, 3.05) is 26.4 Å². The molecule has 0 aromatic rings. The van der Waals surface area contributed by atoms with Gasteiger partial charge in [-0.1, -0.05) is 0 Å². The van der Waals surface area contributed by atoms with Crippen molar-refractivity contribution in [3.63, 3.8) is 0 Å². The Labute approximate surface area is 79.2 Å². The van der Waals surface area contributed by atoms with Crippen LogP contribution < -0.4 is 0 Å². The minimum atomic E-state index is -4.32. The van der Waals surface area contributed by atoms with E-state index in [0.29, 0.717) is 4.48 Å². The van der Waals surface area contributed by atoms with Gasteiger partial charge in [0.1, 0.15) is 0 Å². The van der Waals surface area contributed by atoms with Crippen LogP contribution in [-0.4, -0.2) is 40.6 Å². The standard InChI is InChI=1S/C7H18NO4P/c1-4-8(5-2,6-3)7-12-13(9,10)11/h4-7H2,1-3H3,(H-,9,10,11)/p+1. The van der Waals surface area contributed by atoms with Gasteiger partial charge in [0.05, 0.1) is 19.6 Å². The summed E-state index contributed by atoms with van der Waals surface area (Å²) in [7, 11) is -4.32. The molecule has 0 radical (unpaired) electrons. The van der Waals surface area contributed by atoms with Crippen LogP contribution in [0.25, 0.3) is 0 Å². The first-order chi connectivity index (χ1) is 5.89. The molecule has 13 heavy (non-hydrogen) atoms. The van der Waals surface area contributed by atoms with Gasteiger partial charge < -0.3 is 14.3 Å². The molecular formula is C7H19NO4P+. The summed E-state index contributed by atoms with van der Waals surface area (Å²) in [6, 6.07) is 0. The van der Waals surface area contributed by atoms with Crippen molar-refractivity contribution in [1.29, 1.82) is 0 Å². The zero-order valence-electron chi connectivity index (χ0n) is 8.43. The molecule has 0 unspecified atom stereocenters. The lowest BCUT2D eigenvalue weighted by Crippen LogP contribution is -2.48. The summed E-state index contributed by atoms with van der Waals surface area (Å²) in [5, 5.41) is 0. The minimum absolute atomic E-state index is 0.0772. The van der Waals surface area contributed by atoms with E-state index in [1.54, 1.807) is 0 Å². The number of nitrogens with zero attached hydrogens (tertiary/aromatic N) is 1. The van der Waals surface area contributed by atoms with Crippen LogP contribution in [0.5, 0.6) is 0 Å². The maximum absolute atomic E-state index is 10.5. The maximum atomic E-state index is 10.5. The van der Waals surface area contributed by atoms with Gasteiger partial charge in [-0.15, -0.1) is 0 Å². The Morgan fingerprint density at radius 2 is 1.54 bits per heavy atom. The highest BCUT2D eigenvalue weighted by Gasteiger charge is 2.26. The molecule has 0 aliphatic carbocycles. The van der Waals surface area contributed by atoms with E-state index >= 15 is 0 Å². The predicted octanol–water partition coefficient (Wildman–Crippen LogP) is 0.930. The van der Waals surface area contributed by atoms with E-state index in [9.17, 15) is 4.57 Å². The average molecular weight is 212 g/mol. The van der Waals surface area contributed by atoms with Crippen LogP contribution in [0.4, 0.5) is 0 Å². The zero-order valence-corrected chi connectivity index (χ0v) is 9.33. The van der Waals surface area contributed by atoms with Gasteiger partial charge in [0, 0.05) is 0 Å². The van der Waals surface area contributed by atoms with Crippen molar-refractivity contribution in [2.45, 2.75) is 20.8 Å². The van der Waals surface area contributed by atoms with Gasteiger partial charge in [0.15, 0.2) is 6.73 Å². The number of phosphoric acid groups is 1. The molecule has 0 spiro atoms. The van der Waals surface area contributed by atoms with Gasteiger partial charge in [-0.05, 0) is 20.8 Å². The average Bonchev–Trinajstić information content (AvgIpc) is 2.06. The van der Waals surface area contributed by atoms with Gasteiger partial charge in [-0.25, -0.2) is 9.09 Å². The van der Waals surface area contributed by atoms with Crippen molar-refractivity contribution in [3.05, 3.63) is 0 Å². The lowest BCUT2D eigenvalue weighted by atomic mass is 10.4. The van der Waals surface area contributed by atoms with Crippen LogP contribution in [0.3, 0.4) is 0 Å². The predicted molar refractivity (Wildman–Crippen MR) is 49.9 cm³/mol. The minimum Gasteiger partial charge on any atom is -0.303 e. The second-order valence-electron chi connectivity index (χ2n) is 3.04. The van der Waals surface area contributed by atoms with Gasteiger partial charge in [-0.2, -0.15) is 0 Å². The van der Waals surface area contributed by atoms with Crippen molar-refractivity contribution < 1.29 is 23.4 Å². The van der Waals surface area contributed by atoms with Gasteiger partial charge in [0.2, 0.25) is 0 Å². The Bertz CT molecular complexity index is 179. The quantitative estimate of drug-likeness (QED) is 0.390. The monoisotopic (exact) mass is 212 g/mol. The summed E-state index contributed by atoms with van der Waals surface area (Å²) in [5.74, 6) is 0. The molecule has 0 aromatic heterocycles. The second-order valence-corrected chi connectivity index (χ2v) is 4.28. The van der Waals surface area contributed by atoms with E-state index in [4.69, 9.17) is 9.79 Å². The summed E-state index contributed by atoms with van der Waals surface area (Å²) < 4.78 is 15.6. The Morgan fingerprint density at radius 1 is 1.15 bits per heavy atom. The smallest absolute Gasteiger partial charge is 0.303 e. The number of hydrogen-bond acceptors (Lipinski definition) is 2. The Kier molecular flexibility index (Phi) is 5.10. The molecule has 0 amide bonds. The third-order valence-corrected chi connectivity index (χ3v) is 2.96. The molecule has 80 valence electrons. The van der Waals surface area contributed by atoms with Crippen molar-refractivity contribution >= 4 is 7.82 Å². The lowest BCUT2D eigenvalue weighted by molar-refractivity contribution is -0.938. The molecule has 6 heteroatoms. The van der Waals surface area contributed by atoms with E-state index in [0.717, 1.165) is 19.6 Å². The van der Waals surface area contributed by atoms with Crippen LogP contribution in [0.15, 0.2) is 0 Å². The number of phosphoric ester groups is 1. The summed E-state index contributed by atoms with van der Waals surface area (Å²) in [6.45, 7) is 8.46. The van der Waals surface area contributed by atoms with Crippen LogP contribution in [0.1, 0.15) is 20.8 Å². The van der Waals surface area contributed by atoms with Gasteiger partial charge in [0.25, 0.3) is 0 Å². The summed E-state index contributed by atoms with van der Waals surface area (Å²) in [4.78, 5) is 17.1.